The summed E-state index contributed by atoms with van der Waals surface area (Å²) in [5.41, 5.74) is 0.127. The van der Waals surface area contributed by atoms with E-state index in [9.17, 15) is 18.7 Å². The van der Waals surface area contributed by atoms with E-state index < -0.39 is 23.6 Å². The maximum Gasteiger partial charge on any atom is 0.288 e. The molecule has 0 bridgehead atoms. The quantitative estimate of drug-likeness (QED) is 0.824. The van der Waals surface area contributed by atoms with Gasteiger partial charge in [0.15, 0.2) is 23.2 Å². The topological polar surface area (TPSA) is 74.7 Å². The normalized spacial score (nSPS) is 21.1. The molecule has 152 valence electrons. The number of carbonyl (C=O) groups is 1. The van der Waals surface area contributed by atoms with E-state index in [0.717, 1.165) is 18.9 Å². The van der Waals surface area contributed by atoms with Crippen molar-refractivity contribution in [3.05, 3.63) is 65.7 Å². The number of hydrogen-bond donors (Lipinski definition) is 2. The molecule has 1 aliphatic carbocycles. The van der Waals surface area contributed by atoms with Crippen molar-refractivity contribution >= 4 is 11.7 Å². The standard InChI is InChI=1S/C21H21F2N3O3/c22-14-6-3-5-13(19(14)23)11-26-12-18(29-17-9-4-10-24-20(17)26)21(28)25-15-7-1-2-8-16(15)27/h3-6,9-10,12,15-16,27H,1-2,7-8,11H2,(H,25,28)/t15-,16-/m0/s1. The fourth-order valence-corrected chi connectivity index (χ4v) is 3.62. The Hall–Kier alpha value is -3.00. The summed E-state index contributed by atoms with van der Waals surface area (Å²) in [5.74, 6) is -1.63. The molecule has 1 amide bonds. The Balaban J connectivity index is 1.59. The second-order valence-corrected chi connectivity index (χ2v) is 7.19. The number of aliphatic hydroxyl groups is 1. The molecule has 2 aliphatic rings. The van der Waals surface area contributed by atoms with E-state index >= 15 is 0 Å². The maximum absolute atomic E-state index is 14.2. The third-order valence-electron chi connectivity index (χ3n) is 5.16. The predicted octanol–water partition coefficient (Wildman–Crippen LogP) is 3.02. The van der Waals surface area contributed by atoms with E-state index in [4.69, 9.17) is 4.74 Å². The van der Waals surface area contributed by atoms with Gasteiger partial charge in [0.2, 0.25) is 5.76 Å². The molecular formula is C21H21F2N3O3. The molecule has 6 nitrogen and oxygen atoms in total. The van der Waals surface area contributed by atoms with Crippen LogP contribution in [0.25, 0.3) is 0 Å². The minimum atomic E-state index is -0.943. The Morgan fingerprint density at radius 3 is 2.90 bits per heavy atom. The van der Waals surface area contributed by atoms with Crippen molar-refractivity contribution in [2.24, 2.45) is 0 Å². The number of aliphatic hydroxyl groups excluding tert-OH is 1. The molecule has 1 fully saturated rings. The largest absolute Gasteiger partial charge is 0.446 e. The molecule has 1 aromatic heterocycles. The van der Waals surface area contributed by atoms with Crippen LogP contribution in [0, 0.1) is 11.6 Å². The number of hydrogen-bond acceptors (Lipinski definition) is 5. The van der Waals surface area contributed by atoms with Gasteiger partial charge in [-0.05, 0) is 31.0 Å². The number of rotatable bonds is 4. The number of halogens is 2. The third-order valence-corrected chi connectivity index (χ3v) is 5.16. The van der Waals surface area contributed by atoms with Crippen molar-refractivity contribution in [1.29, 1.82) is 0 Å². The van der Waals surface area contributed by atoms with Crippen LogP contribution in [0.15, 0.2) is 48.5 Å². The first kappa shape index (κ1) is 19.3. The molecule has 29 heavy (non-hydrogen) atoms. The van der Waals surface area contributed by atoms with Gasteiger partial charge in [-0.15, -0.1) is 0 Å². The summed E-state index contributed by atoms with van der Waals surface area (Å²) < 4.78 is 33.4. The Labute approximate surface area is 166 Å². The lowest BCUT2D eigenvalue weighted by molar-refractivity contribution is -0.121. The molecule has 1 saturated carbocycles. The number of benzene rings is 1. The Bertz CT molecular complexity index is 951. The fourth-order valence-electron chi connectivity index (χ4n) is 3.62. The van der Waals surface area contributed by atoms with Gasteiger partial charge in [-0.3, -0.25) is 4.79 Å². The summed E-state index contributed by atoms with van der Waals surface area (Å²) in [4.78, 5) is 18.5. The highest BCUT2D eigenvalue weighted by molar-refractivity contribution is 5.93. The fraction of sp³-hybridized carbons (Fsp3) is 0.333. The highest BCUT2D eigenvalue weighted by Crippen LogP contribution is 2.33. The molecule has 1 aromatic carbocycles. The lowest BCUT2D eigenvalue weighted by Gasteiger charge is -2.31. The molecule has 1 aliphatic heterocycles. The highest BCUT2D eigenvalue weighted by Gasteiger charge is 2.29. The van der Waals surface area contributed by atoms with Crippen LogP contribution in [-0.2, 0) is 11.3 Å². The Morgan fingerprint density at radius 2 is 2.07 bits per heavy atom. The molecule has 2 aromatic rings. The van der Waals surface area contributed by atoms with E-state index in [1.807, 2.05) is 0 Å². The van der Waals surface area contributed by atoms with E-state index in [0.29, 0.717) is 24.4 Å². The zero-order valence-electron chi connectivity index (χ0n) is 15.6. The van der Waals surface area contributed by atoms with Crippen LogP contribution in [-0.4, -0.2) is 28.1 Å². The monoisotopic (exact) mass is 401 g/mol. The van der Waals surface area contributed by atoms with Crippen LogP contribution in [0.2, 0.25) is 0 Å². The minimum Gasteiger partial charge on any atom is -0.446 e. The minimum absolute atomic E-state index is 0.0000784. The number of anilines is 1. The van der Waals surface area contributed by atoms with Gasteiger partial charge in [0.05, 0.1) is 24.9 Å². The van der Waals surface area contributed by atoms with Crippen LogP contribution >= 0.6 is 0 Å². The molecule has 4 rings (SSSR count). The number of pyridine rings is 1. The summed E-state index contributed by atoms with van der Waals surface area (Å²) in [5, 5.41) is 12.9. The highest BCUT2D eigenvalue weighted by atomic mass is 19.2. The van der Waals surface area contributed by atoms with E-state index in [1.54, 1.807) is 23.2 Å². The van der Waals surface area contributed by atoms with Crippen molar-refractivity contribution in [3.8, 4) is 5.75 Å². The van der Waals surface area contributed by atoms with E-state index in [2.05, 4.69) is 10.3 Å². The third kappa shape index (κ3) is 4.07. The number of nitrogens with zero attached hydrogens (tertiary/aromatic N) is 2. The van der Waals surface area contributed by atoms with Crippen LogP contribution in [0.4, 0.5) is 14.6 Å². The van der Waals surface area contributed by atoms with Gasteiger partial charge in [-0.2, -0.15) is 0 Å². The SMILES string of the molecule is O=C(N[C@H]1CCCC[C@@H]1O)C1=CN(Cc2cccc(F)c2F)c2ncccc2O1. The molecular weight excluding hydrogens is 380 g/mol. The maximum atomic E-state index is 14.2. The average molecular weight is 401 g/mol. The lowest BCUT2D eigenvalue weighted by Crippen LogP contribution is -2.46. The van der Waals surface area contributed by atoms with Crippen molar-refractivity contribution in [2.45, 2.75) is 44.4 Å². The summed E-state index contributed by atoms with van der Waals surface area (Å²) in [6, 6.07) is 6.91. The molecule has 0 saturated heterocycles. The van der Waals surface area contributed by atoms with Gasteiger partial charge in [0.1, 0.15) is 0 Å². The second-order valence-electron chi connectivity index (χ2n) is 7.19. The molecule has 8 heteroatoms. The summed E-state index contributed by atoms with van der Waals surface area (Å²) in [6.45, 7) is -0.0280. The van der Waals surface area contributed by atoms with Crippen LogP contribution in [0.5, 0.6) is 5.75 Å². The number of fused-ring (bicyclic) bond motifs is 1. The van der Waals surface area contributed by atoms with E-state index in [1.165, 1.54) is 18.3 Å². The Kier molecular flexibility index (Phi) is 5.44. The lowest BCUT2D eigenvalue weighted by atomic mass is 9.92. The van der Waals surface area contributed by atoms with Crippen molar-refractivity contribution in [3.63, 3.8) is 0 Å². The first-order valence-electron chi connectivity index (χ1n) is 9.56. The molecule has 2 heterocycles. The van der Waals surface area contributed by atoms with Crippen LogP contribution in [0.1, 0.15) is 31.2 Å². The van der Waals surface area contributed by atoms with Crippen LogP contribution in [0.3, 0.4) is 0 Å². The molecule has 0 spiro atoms. The van der Waals surface area contributed by atoms with Gasteiger partial charge in [0.25, 0.3) is 5.91 Å². The summed E-state index contributed by atoms with van der Waals surface area (Å²) in [7, 11) is 0. The number of aromatic nitrogens is 1. The summed E-state index contributed by atoms with van der Waals surface area (Å²) in [6.07, 6.45) is 5.57. The van der Waals surface area contributed by atoms with Gasteiger partial charge < -0.3 is 20.1 Å². The zero-order valence-corrected chi connectivity index (χ0v) is 15.6. The number of carbonyl (C=O) groups excluding carboxylic acids is 1. The zero-order chi connectivity index (χ0) is 20.4. The van der Waals surface area contributed by atoms with E-state index in [-0.39, 0.29) is 23.9 Å². The summed E-state index contributed by atoms with van der Waals surface area (Å²) >= 11 is 0. The number of nitrogens with one attached hydrogen (secondary N) is 1. The van der Waals surface area contributed by atoms with Crippen molar-refractivity contribution in [2.75, 3.05) is 4.90 Å². The first-order valence-corrected chi connectivity index (χ1v) is 9.56. The second kappa shape index (κ2) is 8.16. The van der Waals surface area contributed by atoms with Crippen LogP contribution < -0.4 is 15.0 Å². The smallest absolute Gasteiger partial charge is 0.288 e. The van der Waals surface area contributed by atoms with Gasteiger partial charge in [-0.1, -0.05) is 25.0 Å². The molecule has 2 atom stereocenters. The number of amides is 1. The van der Waals surface area contributed by atoms with Crippen molar-refractivity contribution < 1.29 is 23.4 Å². The molecule has 0 unspecified atom stereocenters. The predicted molar refractivity (Wildman–Crippen MR) is 102 cm³/mol. The first-order chi connectivity index (χ1) is 14.0. The molecule has 2 N–H and O–H groups in total. The molecule has 0 radical (unpaired) electrons. The van der Waals surface area contributed by atoms with Crippen molar-refractivity contribution in [1.82, 2.24) is 10.3 Å². The number of ether oxygens (including phenoxy) is 1. The van der Waals surface area contributed by atoms with Gasteiger partial charge >= 0.3 is 0 Å². The Morgan fingerprint density at radius 1 is 1.24 bits per heavy atom. The van der Waals surface area contributed by atoms with Gasteiger partial charge in [0, 0.05) is 11.8 Å². The average Bonchev–Trinajstić information content (AvgIpc) is 2.73. The van der Waals surface area contributed by atoms with Gasteiger partial charge in [-0.25, -0.2) is 13.8 Å².